The van der Waals surface area contributed by atoms with Crippen LogP contribution in [0.2, 0.25) is 0 Å². The molecule has 1 N–H and O–H groups in total. The maximum absolute atomic E-state index is 10.4. The van der Waals surface area contributed by atoms with Crippen LogP contribution in [0.15, 0.2) is 16.9 Å². The highest BCUT2D eigenvalue weighted by molar-refractivity contribution is 9.10. The van der Waals surface area contributed by atoms with Crippen molar-refractivity contribution in [2.45, 2.75) is 12.8 Å². The van der Waals surface area contributed by atoms with Gasteiger partial charge in [-0.1, -0.05) is 0 Å². The first-order valence-electron chi connectivity index (χ1n) is 4.24. The van der Waals surface area contributed by atoms with E-state index in [2.05, 4.69) is 31.1 Å². The van der Waals surface area contributed by atoms with Gasteiger partial charge in [0.15, 0.2) is 0 Å². The minimum absolute atomic E-state index is 0.0350. The Morgan fingerprint density at radius 1 is 1.53 bits per heavy atom. The van der Waals surface area contributed by atoms with Crippen LogP contribution >= 0.6 is 15.9 Å². The predicted octanol–water partition coefficient (Wildman–Crippen LogP) is 0.904. The number of halogens is 1. The van der Waals surface area contributed by atoms with Gasteiger partial charge in [-0.25, -0.2) is 4.98 Å². The zero-order chi connectivity index (χ0) is 10.8. The maximum atomic E-state index is 10.4. The summed E-state index contributed by atoms with van der Waals surface area (Å²) in [6, 6.07) is 0. The minimum Gasteiger partial charge on any atom is -0.481 e. The molecule has 7 heteroatoms. The van der Waals surface area contributed by atoms with Gasteiger partial charge in [-0.2, -0.15) is 0 Å². The number of aromatic nitrogens is 4. The molecule has 0 bridgehead atoms. The Morgan fingerprint density at radius 3 is 3.07 bits per heavy atom. The molecule has 0 spiro atoms. The van der Waals surface area contributed by atoms with Crippen molar-refractivity contribution in [3.8, 4) is 0 Å². The molecule has 2 aromatic rings. The lowest BCUT2D eigenvalue weighted by Crippen LogP contribution is -2.01. The molecule has 0 aliphatic carbocycles. The first-order valence-corrected chi connectivity index (χ1v) is 5.03. The second kappa shape index (κ2) is 3.93. The summed E-state index contributed by atoms with van der Waals surface area (Å²) in [5.74, 6) is 0.217. The van der Waals surface area contributed by atoms with Gasteiger partial charge in [-0.15, -0.1) is 10.2 Å². The fourth-order valence-electron chi connectivity index (χ4n) is 1.20. The summed E-state index contributed by atoms with van der Waals surface area (Å²) in [6.07, 6.45) is 3.76. The molecule has 0 unspecified atom stereocenters. The summed E-state index contributed by atoms with van der Waals surface area (Å²) in [6.45, 7) is 0. The molecule has 2 heterocycles. The summed E-state index contributed by atoms with van der Waals surface area (Å²) in [5, 5.41) is 16.3. The first kappa shape index (κ1) is 10.0. The van der Waals surface area contributed by atoms with Crippen LogP contribution in [-0.4, -0.2) is 30.7 Å². The van der Waals surface area contributed by atoms with E-state index in [1.807, 2.05) is 0 Å². The van der Waals surface area contributed by atoms with Crippen LogP contribution in [0.3, 0.4) is 0 Å². The summed E-state index contributed by atoms with van der Waals surface area (Å²) in [7, 11) is 0. The molecule has 2 aromatic heterocycles. The molecule has 6 nitrogen and oxygen atoms in total. The average molecular weight is 271 g/mol. The van der Waals surface area contributed by atoms with Crippen molar-refractivity contribution in [2.75, 3.05) is 0 Å². The molecule has 0 aliphatic heterocycles. The average Bonchev–Trinajstić information content (AvgIpc) is 2.57. The van der Waals surface area contributed by atoms with Gasteiger partial charge in [0.1, 0.15) is 5.82 Å². The maximum Gasteiger partial charge on any atom is 0.303 e. The van der Waals surface area contributed by atoms with Crippen molar-refractivity contribution in [3.63, 3.8) is 0 Å². The van der Waals surface area contributed by atoms with E-state index in [1.54, 1.807) is 16.8 Å². The third kappa shape index (κ3) is 2.12. The number of carbonyl (C=O) groups is 1. The van der Waals surface area contributed by atoms with E-state index in [1.165, 1.54) is 0 Å². The van der Waals surface area contributed by atoms with Gasteiger partial charge in [0, 0.05) is 18.8 Å². The van der Waals surface area contributed by atoms with Crippen molar-refractivity contribution in [1.82, 2.24) is 19.6 Å². The predicted molar refractivity (Wildman–Crippen MR) is 54.4 cm³/mol. The van der Waals surface area contributed by atoms with Gasteiger partial charge in [0.25, 0.3) is 5.78 Å². The summed E-state index contributed by atoms with van der Waals surface area (Å²) >= 11 is 3.28. The van der Waals surface area contributed by atoms with Crippen LogP contribution in [0.4, 0.5) is 0 Å². The molecular formula is C8H7BrN4O2. The number of hydrogen-bond acceptors (Lipinski definition) is 4. The lowest BCUT2D eigenvalue weighted by molar-refractivity contribution is -0.137. The number of nitrogens with zero attached hydrogens (tertiary/aromatic N) is 4. The second-order valence-electron chi connectivity index (χ2n) is 2.95. The molecular weight excluding hydrogens is 264 g/mol. The van der Waals surface area contributed by atoms with Crippen molar-refractivity contribution in [3.05, 3.63) is 22.7 Å². The number of carboxylic acids is 1. The molecule has 0 aliphatic rings. The molecule has 0 saturated carbocycles. The van der Waals surface area contributed by atoms with E-state index >= 15 is 0 Å². The standard InChI is InChI=1S/C8H7BrN4O2/c9-5-3-10-8-12-11-6(13(8)4-5)1-2-7(14)15/h3-4H,1-2H2,(H,14,15). The number of aryl methyl sites for hydroxylation is 1. The Balaban J connectivity index is 2.35. The first-order chi connectivity index (χ1) is 7.16. The van der Waals surface area contributed by atoms with Crippen LogP contribution in [0.5, 0.6) is 0 Å². The SMILES string of the molecule is O=C(O)CCc1nnc2ncc(Br)cn12. The molecule has 0 atom stereocenters. The largest absolute Gasteiger partial charge is 0.481 e. The monoisotopic (exact) mass is 270 g/mol. The van der Waals surface area contributed by atoms with E-state index in [4.69, 9.17) is 5.11 Å². The summed E-state index contributed by atoms with van der Waals surface area (Å²) in [4.78, 5) is 14.4. The molecule has 78 valence electrons. The van der Waals surface area contributed by atoms with E-state index in [-0.39, 0.29) is 6.42 Å². The van der Waals surface area contributed by atoms with E-state index in [0.29, 0.717) is 18.0 Å². The number of rotatable bonds is 3. The number of hydrogen-bond donors (Lipinski definition) is 1. The zero-order valence-corrected chi connectivity index (χ0v) is 9.18. The van der Waals surface area contributed by atoms with Gasteiger partial charge in [0.05, 0.1) is 10.9 Å². The molecule has 0 fully saturated rings. The summed E-state index contributed by atoms with van der Waals surface area (Å²) < 4.78 is 2.47. The summed E-state index contributed by atoms with van der Waals surface area (Å²) in [5.41, 5.74) is 0. The van der Waals surface area contributed by atoms with Crippen LogP contribution in [0.25, 0.3) is 5.78 Å². The van der Waals surface area contributed by atoms with Crippen LogP contribution in [0, 0.1) is 0 Å². The molecule has 15 heavy (non-hydrogen) atoms. The van der Waals surface area contributed by atoms with Crippen molar-refractivity contribution in [1.29, 1.82) is 0 Å². The van der Waals surface area contributed by atoms with Gasteiger partial charge in [-0.05, 0) is 15.9 Å². The van der Waals surface area contributed by atoms with Crippen LogP contribution in [0.1, 0.15) is 12.2 Å². The highest BCUT2D eigenvalue weighted by atomic mass is 79.9. The Kier molecular flexibility index (Phi) is 2.63. The topological polar surface area (TPSA) is 80.4 Å². The lowest BCUT2D eigenvalue weighted by atomic mass is 10.3. The molecule has 0 amide bonds. The smallest absolute Gasteiger partial charge is 0.303 e. The Labute approximate surface area is 93.1 Å². The third-order valence-electron chi connectivity index (χ3n) is 1.87. The zero-order valence-electron chi connectivity index (χ0n) is 7.59. The van der Waals surface area contributed by atoms with E-state index in [9.17, 15) is 4.79 Å². The van der Waals surface area contributed by atoms with Crippen molar-refractivity contribution >= 4 is 27.7 Å². The number of carboxylic acid groups (broad SMARTS) is 1. The number of fused-ring (bicyclic) bond motifs is 1. The quantitative estimate of drug-likeness (QED) is 0.897. The molecule has 0 saturated heterocycles. The molecule has 0 radical (unpaired) electrons. The highest BCUT2D eigenvalue weighted by Crippen LogP contribution is 2.10. The molecule has 2 rings (SSSR count). The Bertz CT molecular complexity index is 510. The third-order valence-corrected chi connectivity index (χ3v) is 2.28. The highest BCUT2D eigenvalue weighted by Gasteiger charge is 2.08. The van der Waals surface area contributed by atoms with Crippen molar-refractivity contribution < 1.29 is 9.90 Å². The normalized spacial score (nSPS) is 10.7. The lowest BCUT2D eigenvalue weighted by Gasteiger charge is -1.97. The van der Waals surface area contributed by atoms with Crippen LogP contribution < -0.4 is 0 Å². The van der Waals surface area contributed by atoms with Gasteiger partial charge in [0.2, 0.25) is 0 Å². The number of aliphatic carboxylic acids is 1. The fourth-order valence-corrected chi connectivity index (χ4v) is 1.51. The van der Waals surface area contributed by atoms with Gasteiger partial charge >= 0.3 is 5.97 Å². The second-order valence-corrected chi connectivity index (χ2v) is 3.87. The molecule has 0 aromatic carbocycles. The van der Waals surface area contributed by atoms with E-state index in [0.717, 1.165) is 4.47 Å². The van der Waals surface area contributed by atoms with Gasteiger partial charge in [-0.3, -0.25) is 9.20 Å². The van der Waals surface area contributed by atoms with E-state index < -0.39 is 5.97 Å². The van der Waals surface area contributed by atoms with Crippen LogP contribution in [-0.2, 0) is 11.2 Å². The van der Waals surface area contributed by atoms with Gasteiger partial charge < -0.3 is 5.11 Å². The fraction of sp³-hybridized carbons (Fsp3) is 0.250. The Morgan fingerprint density at radius 2 is 2.33 bits per heavy atom. The minimum atomic E-state index is -0.852. The van der Waals surface area contributed by atoms with Crippen molar-refractivity contribution in [2.24, 2.45) is 0 Å². The Hall–Kier alpha value is -1.50.